The summed E-state index contributed by atoms with van der Waals surface area (Å²) >= 11 is 5.57. The Morgan fingerprint density at radius 1 is 1.60 bits per heavy atom. The van der Waals surface area contributed by atoms with Gasteiger partial charge in [0.15, 0.2) is 5.58 Å². The summed E-state index contributed by atoms with van der Waals surface area (Å²) < 4.78 is 18.2. The average Bonchev–Trinajstić information content (AvgIpc) is 2.60. The van der Waals surface area contributed by atoms with E-state index in [0.29, 0.717) is 5.52 Å². The Bertz CT molecular complexity index is 461. The maximum atomic E-state index is 13.0. The van der Waals surface area contributed by atoms with Crippen LogP contribution in [0.15, 0.2) is 16.5 Å². The van der Waals surface area contributed by atoms with E-state index in [1.54, 1.807) is 0 Å². The van der Waals surface area contributed by atoms with Crippen LogP contribution in [0.25, 0.3) is 11.1 Å². The highest BCUT2D eigenvalue weighted by Crippen LogP contribution is 2.25. The van der Waals surface area contributed by atoms with Gasteiger partial charge in [0, 0.05) is 12.6 Å². The van der Waals surface area contributed by atoms with Crippen molar-refractivity contribution in [3.8, 4) is 0 Å². The molecule has 0 saturated carbocycles. The van der Waals surface area contributed by atoms with Crippen LogP contribution in [0.1, 0.15) is 12.0 Å². The third kappa shape index (κ3) is 1.81. The highest BCUT2D eigenvalue weighted by molar-refractivity contribution is 6.31. The number of nitrogens with two attached hydrogens (primary N) is 1. The SMILES string of the molecule is NCC(O)c1nc2cc(Cl)c(F)cc2o1. The van der Waals surface area contributed by atoms with Crippen molar-refractivity contribution in [2.45, 2.75) is 6.10 Å². The summed E-state index contributed by atoms with van der Waals surface area (Å²) in [6.07, 6.45) is -0.987. The lowest BCUT2D eigenvalue weighted by Gasteiger charge is -1.99. The van der Waals surface area contributed by atoms with Crippen molar-refractivity contribution in [2.24, 2.45) is 5.73 Å². The molecule has 3 N–H and O–H groups in total. The van der Waals surface area contributed by atoms with Crippen molar-refractivity contribution < 1.29 is 13.9 Å². The summed E-state index contributed by atoms with van der Waals surface area (Å²) in [7, 11) is 0. The van der Waals surface area contributed by atoms with Gasteiger partial charge < -0.3 is 15.3 Å². The number of nitrogens with zero attached hydrogens (tertiary/aromatic N) is 1. The maximum Gasteiger partial charge on any atom is 0.225 e. The van der Waals surface area contributed by atoms with Crippen LogP contribution < -0.4 is 5.73 Å². The highest BCUT2D eigenvalue weighted by Gasteiger charge is 2.15. The van der Waals surface area contributed by atoms with Gasteiger partial charge in [-0.15, -0.1) is 0 Å². The van der Waals surface area contributed by atoms with Crippen molar-refractivity contribution in [3.05, 3.63) is 28.9 Å². The molecule has 0 spiro atoms. The van der Waals surface area contributed by atoms with Crippen molar-refractivity contribution in [1.82, 2.24) is 4.98 Å². The number of aliphatic hydroxyl groups is 1. The van der Waals surface area contributed by atoms with E-state index < -0.39 is 11.9 Å². The van der Waals surface area contributed by atoms with Crippen LogP contribution in [-0.2, 0) is 0 Å². The zero-order chi connectivity index (χ0) is 11.0. The molecular formula is C9H8ClFN2O2. The fourth-order valence-corrected chi connectivity index (χ4v) is 1.34. The number of fused-ring (bicyclic) bond motifs is 1. The molecule has 1 heterocycles. The lowest BCUT2D eigenvalue weighted by molar-refractivity contribution is 0.154. The summed E-state index contributed by atoms with van der Waals surface area (Å²) in [4.78, 5) is 3.94. The summed E-state index contributed by atoms with van der Waals surface area (Å²) in [6, 6.07) is 2.46. The second-order valence-corrected chi connectivity index (χ2v) is 3.44. The van der Waals surface area contributed by atoms with Crippen LogP contribution in [-0.4, -0.2) is 16.6 Å². The average molecular weight is 231 g/mol. The van der Waals surface area contributed by atoms with Crippen LogP contribution in [0, 0.1) is 5.82 Å². The van der Waals surface area contributed by atoms with E-state index in [1.807, 2.05) is 0 Å². The van der Waals surface area contributed by atoms with Gasteiger partial charge in [0.05, 0.1) is 5.02 Å². The van der Waals surface area contributed by atoms with Crippen LogP contribution in [0.4, 0.5) is 4.39 Å². The Labute approximate surface area is 89.5 Å². The van der Waals surface area contributed by atoms with Gasteiger partial charge in [-0.2, -0.15) is 0 Å². The number of halogens is 2. The van der Waals surface area contributed by atoms with Crippen LogP contribution in [0.5, 0.6) is 0 Å². The van der Waals surface area contributed by atoms with E-state index in [-0.39, 0.29) is 23.0 Å². The molecule has 15 heavy (non-hydrogen) atoms. The largest absolute Gasteiger partial charge is 0.438 e. The summed E-state index contributed by atoms with van der Waals surface area (Å²) in [5.41, 5.74) is 5.86. The quantitative estimate of drug-likeness (QED) is 0.822. The monoisotopic (exact) mass is 230 g/mol. The van der Waals surface area contributed by atoms with Crippen molar-refractivity contribution in [1.29, 1.82) is 0 Å². The smallest absolute Gasteiger partial charge is 0.225 e. The molecule has 0 aliphatic rings. The molecular weight excluding hydrogens is 223 g/mol. The molecule has 4 nitrogen and oxygen atoms in total. The van der Waals surface area contributed by atoms with E-state index in [0.717, 1.165) is 6.07 Å². The Balaban J connectivity index is 2.56. The van der Waals surface area contributed by atoms with E-state index in [2.05, 4.69) is 4.98 Å². The van der Waals surface area contributed by atoms with Crippen molar-refractivity contribution >= 4 is 22.7 Å². The van der Waals surface area contributed by atoms with Gasteiger partial charge in [0.25, 0.3) is 0 Å². The Hall–Kier alpha value is -1.17. The molecule has 1 aromatic heterocycles. The van der Waals surface area contributed by atoms with Gasteiger partial charge in [0.2, 0.25) is 5.89 Å². The fourth-order valence-electron chi connectivity index (χ4n) is 1.18. The van der Waals surface area contributed by atoms with E-state index in [9.17, 15) is 9.50 Å². The highest BCUT2D eigenvalue weighted by atomic mass is 35.5. The second-order valence-electron chi connectivity index (χ2n) is 3.04. The lowest BCUT2D eigenvalue weighted by Crippen LogP contribution is -2.11. The molecule has 0 bridgehead atoms. The van der Waals surface area contributed by atoms with Crippen molar-refractivity contribution in [2.75, 3.05) is 6.54 Å². The third-order valence-corrected chi connectivity index (χ3v) is 2.25. The second kappa shape index (κ2) is 3.77. The van der Waals surface area contributed by atoms with E-state index >= 15 is 0 Å². The first-order valence-corrected chi connectivity index (χ1v) is 4.63. The van der Waals surface area contributed by atoms with Crippen molar-refractivity contribution in [3.63, 3.8) is 0 Å². The minimum atomic E-state index is -0.987. The van der Waals surface area contributed by atoms with Gasteiger partial charge in [0.1, 0.15) is 17.4 Å². The normalized spacial score (nSPS) is 13.3. The summed E-state index contributed by atoms with van der Waals surface area (Å²) in [6.45, 7) is -0.0109. The van der Waals surface area contributed by atoms with Gasteiger partial charge in [-0.25, -0.2) is 9.37 Å². The molecule has 0 amide bonds. The molecule has 0 fully saturated rings. The first kappa shape index (κ1) is 10.4. The minimum Gasteiger partial charge on any atom is -0.438 e. The number of rotatable bonds is 2. The van der Waals surface area contributed by atoms with Gasteiger partial charge in [-0.05, 0) is 6.07 Å². The topological polar surface area (TPSA) is 72.3 Å². The summed E-state index contributed by atoms with van der Waals surface area (Å²) in [5, 5.41) is 9.32. The van der Waals surface area contributed by atoms with E-state index in [4.69, 9.17) is 21.8 Å². The van der Waals surface area contributed by atoms with Crippen LogP contribution in [0.2, 0.25) is 5.02 Å². The molecule has 2 aromatic rings. The minimum absolute atomic E-state index is 0.0109. The van der Waals surface area contributed by atoms with Gasteiger partial charge in [-0.3, -0.25) is 0 Å². The molecule has 6 heteroatoms. The van der Waals surface area contributed by atoms with Crippen LogP contribution >= 0.6 is 11.6 Å². The van der Waals surface area contributed by atoms with Gasteiger partial charge in [-0.1, -0.05) is 11.6 Å². The zero-order valence-electron chi connectivity index (χ0n) is 7.58. The predicted octanol–water partition coefficient (Wildman–Crippen LogP) is 1.61. The number of hydrogen-bond acceptors (Lipinski definition) is 4. The molecule has 0 saturated heterocycles. The Morgan fingerprint density at radius 3 is 3.00 bits per heavy atom. The number of oxazole rings is 1. The molecule has 1 unspecified atom stereocenters. The first-order valence-electron chi connectivity index (χ1n) is 4.25. The summed E-state index contributed by atoms with van der Waals surface area (Å²) in [5.74, 6) is -0.525. The molecule has 80 valence electrons. The molecule has 1 aromatic carbocycles. The Kier molecular flexibility index (Phi) is 2.60. The van der Waals surface area contributed by atoms with Gasteiger partial charge >= 0.3 is 0 Å². The zero-order valence-corrected chi connectivity index (χ0v) is 8.33. The number of aliphatic hydroxyl groups excluding tert-OH is 1. The molecule has 1 atom stereocenters. The molecule has 0 radical (unpaired) electrons. The lowest BCUT2D eigenvalue weighted by atomic mass is 10.3. The maximum absolute atomic E-state index is 13.0. The number of aromatic nitrogens is 1. The third-order valence-electron chi connectivity index (χ3n) is 1.96. The number of benzene rings is 1. The fraction of sp³-hybridized carbons (Fsp3) is 0.222. The van der Waals surface area contributed by atoms with E-state index in [1.165, 1.54) is 6.07 Å². The standard InChI is InChI=1S/C9H8ClFN2O2/c10-4-1-6-8(2-5(4)11)15-9(13-6)7(14)3-12/h1-2,7,14H,3,12H2. The number of hydrogen-bond donors (Lipinski definition) is 2. The molecule has 0 aliphatic heterocycles. The molecule has 2 rings (SSSR count). The first-order chi connectivity index (χ1) is 7.11. The molecule has 0 aliphatic carbocycles. The predicted molar refractivity (Wildman–Crippen MR) is 53.0 cm³/mol. The van der Waals surface area contributed by atoms with Crippen LogP contribution in [0.3, 0.4) is 0 Å². The Morgan fingerprint density at radius 2 is 2.33 bits per heavy atom.